The summed E-state index contributed by atoms with van der Waals surface area (Å²) in [5, 5.41) is 13.2. The minimum absolute atomic E-state index is 0.301. The quantitative estimate of drug-likeness (QED) is 0.116. The van der Waals surface area contributed by atoms with Crippen LogP contribution in [0.1, 0.15) is 124 Å². The zero-order valence-corrected chi connectivity index (χ0v) is 27.7. The summed E-state index contributed by atoms with van der Waals surface area (Å²) in [6.07, 6.45) is 16.2. The molecule has 0 aromatic heterocycles. The molecule has 0 spiro atoms. The van der Waals surface area contributed by atoms with Crippen molar-refractivity contribution < 1.29 is 0 Å². The summed E-state index contributed by atoms with van der Waals surface area (Å²) in [6, 6.07) is 15.5. The molecular weight excluding hydrogens is 600 g/mol. The standard InChI is InChI=1S/C40H46N4O4/c45-37-33(41-22-23-7-4-8-23)34(38(37)46)43-31-14-6-13-27(19-31)25-11-5-12-26(17-25)29-18-28(24-9-2-1-3-10-24)20-32(21-29)44-36-35(39(47)40(36)48)42-30-15-16-30/h6,13-14,18-21,23-26,30,41-44H,1-5,7-12,15-17,22H2. The number of anilines is 6. The Morgan fingerprint density at radius 1 is 0.521 bits per heavy atom. The van der Waals surface area contributed by atoms with Crippen LogP contribution in [-0.2, 0) is 0 Å². The minimum atomic E-state index is -0.448. The smallest absolute Gasteiger partial charge is 0.253 e. The van der Waals surface area contributed by atoms with Crippen molar-refractivity contribution in [3.8, 4) is 0 Å². The number of benzene rings is 2. The zero-order chi connectivity index (χ0) is 32.8. The molecule has 250 valence electrons. The Morgan fingerprint density at radius 3 is 1.81 bits per heavy atom. The molecule has 0 saturated heterocycles. The Morgan fingerprint density at radius 2 is 1.10 bits per heavy atom. The van der Waals surface area contributed by atoms with Gasteiger partial charge in [0.2, 0.25) is 0 Å². The van der Waals surface area contributed by atoms with Gasteiger partial charge in [0, 0.05) is 24.0 Å². The molecule has 2 unspecified atom stereocenters. The van der Waals surface area contributed by atoms with Crippen molar-refractivity contribution in [1.29, 1.82) is 0 Å². The highest BCUT2D eigenvalue weighted by Crippen LogP contribution is 2.44. The largest absolute Gasteiger partial charge is 0.380 e. The molecule has 2 atom stereocenters. The number of hydrogen-bond acceptors (Lipinski definition) is 8. The van der Waals surface area contributed by atoms with Gasteiger partial charge >= 0.3 is 0 Å². The van der Waals surface area contributed by atoms with Crippen LogP contribution in [0.5, 0.6) is 0 Å². The van der Waals surface area contributed by atoms with E-state index in [2.05, 4.69) is 51.6 Å². The number of nitrogens with one attached hydrogen (secondary N) is 4. The molecule has 4 saturated carbocycles. The molecule has 8 nitrogen and oxygen atoms in total. The van der Waals surface area contributed by atoms with Crippen LogP contribution in [-0.4, -0.2) is 12.6 Å². The normalized spacial score (nSPS) is 22.0. The van der Waals surface area contributed by atoms with Crippen LogP contribution in [0.4, 0.5) is 34.1 Å². The van der Waals surface area contributed by atoms with Crippen LogP contribution >= 0.6 is 0 Å². The van der Waals surface area contributed by atoms with Crippen LogP contribution in [0.3, 0.4) is 0 Å². The lowest BCUT2D eigenvalue weighted by molar-refractivity contribution is 0.333. The molecule has 4 aromatic rings. The van der Waals surface area contributed by atoms with Crippen LogP contribution < -0.4 is 43.0 Å². The van der Waals surface area contributed by atoms with Crippen molar-refractivity contribution in [3.63, 3.8) is 0 Å². The summed E-state index contributed by atoms with van der Waals surface area (Å²) in [5.74, 6) is 1.84. The van der Waals surface area contributed by atoms with E-state index in [0.717, 1.165) is 56.4 Å². The van der Waals surface area contributed by atoms with Crippen molar-refractivity contribution in [2.75, 3.05) is 27.8 Å². The van der Waals surface area contributed by atoms with Gasteiger partial charge in [0.15, 0.2) is 0 Å². The average molecular weight is 647 g/mol. The van der Waals surface area contributed by atoms with Crippen molar-refractivity contribution in [2.24, 2.45) is 5.92 Å². The molecule has 4 N–H and O–H groups in total. The summed E-state index contributed by atoms with van der Waals surface area (Å²) in [7, 11) is 0. The second-order valence-corrected chi connectivity index (χ2v) is 15.1. The van der Waals surface area contributed by atoms with Gasteiger partial charge in [-0.15, -0.1) is 0 Å². The summed E-state index contributed by atoms with van der Waals surface area (Å²) in [4.78, 5) is 49.9. The van der Waals surface area contributed by atoms with Gasteiger partial charge in [-0.3, -0.25) is 19.2 Å². The molecule has 8 rings (SSSR count). The van der Waals surface area contributed by atoms with E-state index < -0.39 is 21.7 Å². The first-order valence-corrected chi connectivity index (χ1v) is 18.4. The lowest BCUT2D eigenvalue weighted by atomic mass is 9.74. The monoisotopic (exact) mass is 646 g/mol. The first-order valence-electron chi connectivity index (χ1n) is 18.4. The van der Waals surface area contributed by atoms with E-state index in [0.29, 0.717) is 52.5 Å². The second kappa shape index (κ2) is 13.0. The third-order valence-corrected chi connectivity index (χ3v) is 11.6. The highest BCUT2D eigenvalue weighted by molar-refractivity contribution is 5.80. The van der Waals surface area contributed by atoms with Gasteiger partial charge in [0.25, 0.3) is 21.7 Å². The highest BCUT2D eigenvalue weighted by atomic mass is 16.2. The van der Waals surface area contributed by atoms with Crippen molar-refractivity contribution in [1.82, 2.24) is 0 Å². The molecule has 0 radical (unpaired) electrons. The summed E-state index contributed by atoms with van der Waals surface area (Å²) in [6.45, 7) is 0.743. The molecule has 0 amide bonds. The Labute approximate surface area is 281 Å². The van der Waals surface area contributed by atoms with E-state index in [1.807, 2.05) is 12.1 Å². The zero-order valence-electron chi connectivity index (χ0n) is 27.7. The van der Waals surface area contributed by atoms with Gasteiger partial charge in [-0.2, -0.15) is 0 Å². The van der Waals surface area contributed by atoms with E-state index in [1.165, 1.54) is 68.1 Å². The fourth-order valence-corrected chi connectivity index (χ4v) is 8.31. The third-order valence-electron chi connectivity index (χ3n) is 11.6. The van der Waals surface area contributed by atoms with Gasteiger partial charge in [-0.25, -0.2) is 0 Å². The van der Waals surface area contributed by atoms with Crippen LogP contribution in [0.25, 0.3) is 0 Å². The Balaban J connectivity index is 1.02. The lowest BCUT2D eigenvalue weighted by Crippen LogP contribution is -2.38. The van der Waals surface area contributed by atoms with Gasteiger partial charge in [-0.05, 0) is 122 Å². The van der Waals surface area contributed by atoms with Crippen molar-refractivity contribution in [3.05, 3.63) is 100 Å². The molecule has 4 aromatic carbocycles. The molecule has 8 heteroatoms. The minimum Gasteiger partial charge on any atom is -0.380 e. The Hall–Kier alpha value is -4.20. The molecule has 0 bridgehead atoms. The van der Waals surface area contributed by atoms with Gasteiger partial charge < -0.3 is 21.3 Å². The molecule has 4 aliphatic rings. The molecule has 4 fully saturated rings. The summed E-state index contributed by atoms with van der Waals surface area (Å²) >= 11 is 0. The van der Waals surface area contributed by atoms with E-state index >= 15 is 0 Å². The first kappa shape index (κ1) is 31.1. The predicted octanol–water partition coefficient (Wildman–Crippen LogP) is 7.64. The van der Waals surface area contributed by atoms with Crippen LogP contribution in [0.15, 0.2) is 61.6 Å². The molecule has 4 aliphatic carbocycles. The van der Waals surface area contributed by atoms with E-state index in [4.69, 9.17) is 0 Å². The average Bonchev–Trinajstić information content (AvgIpc) is 3.94. The van der Waals surface area contributed by atoms with Gasteiger partial charge in [0.1, 0.15) is 22.7 Å². The maximum atomic E-state index is 12.6. The predicted molar refractivity (Wildman–Crippen MR) is 194 cm³/mol. The molecular formula is C40H46N4O4. The molecule has 48 heavy (non-hydrogen) atoms. The lowest BCUT2D eigenvalue weighted by Gasteiger charge is -2.31. The van der Waals surface area contributed by atoms with E-state index in [-0.39, 0.29) is 0 Å². The fourth-order valence-electron chi connectivity index (χ4n) is 8.31. The van der Waals surface area contributed by atoms with Gasteiger partial charge in [0.05, 0.1) is 0 Å². The van der Waals surface area contributed by atoms with Crippen LogP contribution in [0.2, 0.25) is 0 Å². The third kappa shape index (κ3) is 6.22. The Kier molecular flexibility index (Phi) is 8.43. The first-order chi connectivity index (χ1) is 23.4. The Bertz CT molecular complexity index is 1950. The highest BCUT2D eigenvalue weighted by Gasteiger charge is 2.30. The number of rotatable bonds is 12. The van der Waals surface area contributed by atoms with Crippen LogP contribution in [0, 0.1) is 5.92 Å². The number of hydrogen-bond donors (Lipinski definition) is 4. The van der Waals surface area contributed by atoms with Crippen molar-refractivity contribution in [2.45, 2.75) is 114 Å². The maximum Gasteiger partial charge on any atom is 0.253 e. The van der Waals surface area contributed by atoms with Gasteiger partial charge in [-0.1, -0.05) is 50.3 Å². The summed E-state index contributed by atoms with van der Waals surface area (Å²) < 4.78 is 0. The molecule has 0 heterocycles. The second-order valence-electron chi connectivity index (χ2n) is 15.1. The SMILES string of the molecule is O=c1c(NCC2CCC2)c(Nc2cccc(C3CCCC(c4cc(Nc5c(NC6CC6)c(=O)c5=O)cc(C5CCCCC5)c4)C3)c2)c1=O. The van der Waals surface area contributed by atoms with E-state index in [9.17, 15) is 19.2 Å². The summed E-state index contributed by atoms with van der Waals surface area (Å²) in [5.41, 5.74) is 5.59. The topological polar surface area (TPSA) is 116 Å². The molecule has 0 aliphatic heterocycles. The fraction of sp³-hybridized carbons (Fsp3) is 0.500. The maximum absolute atomic E-state index is 12.6. The van der Waals surface area contributed by atoms with E-state index in [1.54, 1.807) is 0 Å². The van der Waals surface area contributed by atoms with Crippen molar-refractivity contribution >= 4 is 34.1 Å².